The first-order chi connectivity index (χ1) is 13.1. The molecule has 1 saturated carbocycles. The van der Waals surface area contributed by atoms with Gasteiger partial charge in [-0.05, 0) is 30.6 Å². The Kier molecular flexibility index (Phi) is 9.41. The van der Waals surface area contributed by atoms with Gasteiger partial charge in [0, 0.05) is 5.41 Å². The van der Waals surface area contributed by atoms with Gasteiger partial charge >= 0.3 is 23.9 Å². The number of hydrogen-bond acceptors (Lipinski definition) is 6. The summed E-state index contributed by atoms with van der Waals surface area (Å²) in [6, 6.07) is 0. The molecule has 0 aromatic heterocycles. The number of carboxylic acids is 2. The van der Waals surface area contributed by atoms with Gasteiger partial charge in [0.1, 0.15) is 13.2 Å². The van der Waals surface area contributed by atoms with E-state index in [4.69, 9.17) is 19.7 Å². The molecule has 2 N–H and O–H groups in total. The average molecular weight is 400 g/mol. The maximum Gasteiger partial charge on any atom is 0.306 e. The molecule has 0 saturated heterocycles. The summed E-state index contributed by atoms with van der Waals surface area (Å²) in [6.45, 7) is 6.38. The van der Waals surface area contributed by atoms with Crippen molar-refractivity contribution < 1.29 is 38.9 Å². The monoisotopic (exact) mass is 400 g/mol. The highest BCUT2D eigenvalue weighted by Crippen LogP contribution is 2.47. The maximum absolute atomic E-state index is 11.9. The van der Waals surface area contributed by atoms with E-state index in [1.165, 1.54) is 0 Å². The van der Waals surface area contributed by atoms with Crippen LogP contribution in [-0.2, 0) is 28.7 Å². The third kappa shape index (κ3) is 7.86. The molecule has 0 spiro atoms. The molecule has 0 aromatic carbocycles. The lowest BCUT2D eigenvalue weighted by Gasteiger charge is -2.47. The first-order valence-electron chi connectivity index (χ1n) is 9.80. The zero-order valence-electron chi connectivity index (χ0n) is 16.9. The third-order valence-corrected chi connectivity index (χ3v) is 5.44. The molecule has 28 heavy (non-hydrogen) atoms. The number of carboxylic acid groups (broad SMARTS) is 2. The van der Waals surface area contributed by atoms with Crippen LogP contribution in [0.2, 0.25) is 0 Å². The lowest BCUT2D eigenvalue weighted by Crippen LogP contribution is -2.47. The molecule has 8 heteroatoms. The Morgan fingerprint density at radius 1 is 0.893 bits per heavy atom. The third-order valence-electron chi connectivity index (χ3n) is 5.44. The number of carbonyl (C=O) groups is 4. The highest BCUT2D eigenvalue weighted by Gasteiger charge is 2.46. The van der Waals surface area contributed by atoms with E-state index in [9.17, 15) is 19.2 Å². The van der Waals surface area contributed by atoms with Crippen LogP contribution in [0.25, 0.3) is 0 Å². The Morgan fingerprint density at radius 3 is 1.75 bits per heavy atom. The summed E-state index contributed by atoms with van der Waals surface area (Å²) in [5, 5.41) is 17.4. The zero-order chi connectivity index (χ0) is 21.3. The number of carbonyl (C=O) groups excluding carboxylic acids is 2. The van der Waals surface area contributed by atoms with Gasteiger partial charge in [-0.1, -0.05) is 27.2 Å². The van der Waals surface area contributed by atoms with Gasteiger partial charge in [0.25, 0.3) is 0 Å². The van der Waals surface area contributed by atoms with Crippen LogP contribution in [-0.4, -0.2) is 47.3 Å². The molecule has 0 amide bonds. The van der Waals surface area contributed by atoms with Gasteiger partial charge in [0.2, 0.25) is 0 Å². The Labute approximate surface area is 165 Å². The zero-order valence-corrected chi connectivity index (χ0v) is 16.9. The summed E-state index contributed by atoms with van der Waals surface area (Å²) in [5.41, 5.74) is -0.552. The van der Waals surface area contributed by atoms with Crippen LogP contribution in [0.3, 0.4) is 0 Å². The first-order valence-corrected chi connectivity index (χ1v) is 9.80. The first kappa shape index (κ1) is 23.9. The molecular weight excluding hydrogens is 368 g/mol. The molecule has 1 rings (SSSR count). The smallest absolute Gasteiger partial charge is 0.306 e. The van der Waals surface area contributed by atoms with Gasteiger partial charge in [0.15, 0.2) is 0 Å². The fourth-order valence-corrected chi connectivity index (χ4v) is 4.14. The molecule has 0 unspecified atom stereocenters. The highest BCUT2D eigenvalue weighted by atomic mass is 16.5. The Morgan fingerprint density at radius 2 is 1.36 bits per heavy atom. The van der Waals surface area contributed by atoms with Crippen molar-refractivity contribution in [3.8, 4) is 0 Å². The van der Waals surface area contributed by atoms with Crippen LogP contribution < -0.4 is 0 Å². The van der Waals surface area contributed by atoms with Gasteiger partial charge in [-0.2, -0.15) is 0 Å². The molecule has 1 aliphatic carbocycles. The summed E-state index contributed by atoms with van der Waals surface area (Å²) in [5.74, 6) is -2.48. The fourth-order valence-electron chi connectivity index (χ4n) is 4.14. The molecule has 0 heterocycles. The standard InChI is InChI=1S/C20H32O8/c1-13(2)15-5-4-14(3)10-20(15,11-27-18(25)8-6-16(21)22)12-28-19(26)9-7-17(23)24/h13-15H,4-12H2,1-3H3,(H,21,22)(H,23,24)/t14-,15+/m1/s1. The second-order valence-electron chi connectivity index (χ2n) is 8.21. The van der Waals surface area contributed by atoms with Crippen molar-refractivity contribution in [2.24, 2.45) is 23.2 Å². The number of ether oxygens (including phenoxy) is 2. The number of esters is 2. The minimum atomic E-state index is -1.06. The van der Waals surface area contributed by atoms with E-state index < -0.39 is 29.3 Å². The molecule has 8 nitrogen and oxygen atoms in total. The van der Waals surface area contributed by atoms with Crippen molar-refractivity contribution in [1.82, 2.24) is 0 Å². The Hall–Kier alpha value is -2.12. The molecule has 0 radical (unpaired) electrons. The second kappa shape index (κ2) is 11.0. The van der Waals surface area contributed by atoms with Gasteiger partial charge in [-0.25, -0.2) is 0 Å². The summed E-state index contributed by atoms with van der Waals surface area (Å²) < 4.78 is 10.8. The number of aliphatic carboxylic acids is 2. The lowest BCUT2D eigenvalue weighted by atomic mass is 9.60. The molecule has 2 atom stereocenters. The molecule has 0 bridgehead atoms. The number of rotatable bonds is 11. The fraction of sp³-hybridized carbons (Fsp3) is 0.800. The van der Waals surface area contributed by atoms with Crippen LogP contribution in [0.5, 0.6) is 0 Å². The summed E-state index contributed by atoms with van der Waals surface area (Å²) in [7, 11) is 0. The summed E-state index contributed by atoms with van der Waals surface area (Å²) in [4.78, 5) is 45.2. The summed E-state index contributed by atoms with van der Waals surface area (Å²) in [6.07, 6.45) is 1.68. The maximum atomic E-state index is 11.9. The van der Waals surface area contributed by atoms with E-state index in [1.807, 2.05) is 0 Å². The van der Waals surface area contributed by atoms with Crippen molar-refractivity contribution in [2.75, 3.05) is 13.2 Å². The number of hydrogen-bond donors (Lipinski definition) is 2. The van der Waals surface area contributed by atoms with Crippen LogP contribution in [0, 0.1) is 23.2 Å². The van der Waals surface area contributed by atoms with E-state index in [0.29, 0.717) is 12.3 Å². The van der Waals surface area contributed by atoms with E-state index >= 15 is 0 Å². The highest BCUT2D eigenvalue weighted by molar-refractivity contribution is 5.77. The SMILES string of the molecule is CC(C)[C@@H]1CC[C@@H](C)CC1(COC(=O)CCC(=O)O)COC(=O)CCC(=O)O. The minimum absolute atomic E-state index is 0.0604. The molecule has 0 aliphatic heterocycles. The lowest BCUT2D eigenvalue weighted by molar-refractivity contribution is -0.165. The van der Waals surface area contributed by atoms with Crippen molar-refractivity contribution in [3.63, 3.8) is 0 Å². The van der Waals surface area contributed by atoms with E-state index in [-0.39, 0.29) is 50.7 Å². The molecular formula is C20H32O8. The topological polar surface area (TPSA) is 127 Å². The van der Waals surface area contributed by atoms with Gasteiger partial charge in [-0.3, -0.25) is 19.2 Å². The predicted molar refractivity (Wildman–Crippen MR) is 99.4 cm³/mol. The second-order valence-corrected chi connectivity index (χ2v) is 8.21. The summed E-state index contributed by atoms with van der Waals surface area (Å²) >= 11 is 0. The van der Waals surface area contributed by atoms with Crippen molar-refractivity contribution in [3.05, 3.63) is 0 Å². The Balaban J connectivity index is 2.85. The van der Waals surface area contributed by atoms with Crippen LogP contribution in [0.4, 0.5) is 0 Å². The Bertz CT molecular complexity index is 535. The van der Waals surface area contributed by atoms with Crippen LogP contribution in [0.15, 0.2) is 0 Å². The van der Waals surface area contributed by atoms with Crippen molar-refractivity contribution in [2.45, 2.75) is 65.7 Å². The largest absolute Gasteiger partial charge is 0.481 e. The van der Waals surface area contributed by atoms with Gasteiger partial charge in [0.05, 0.1) is 25.7 Å². The quantitative estimate of drug-likeness (QED) is 0.507. The van der Waals surface area contributed by atoms with Crippen LogP contribution >= 0.6 is 0 Å². The van der Waals surface area contributed by atoms with Gasteiger partial charge < -0.3 is 19.7 Å². The van der Waals surface area contributed by atoms with Crippen molar-refractivity contribution in [1.29, 1.82) is 0 Å². The van der Waals surface area contributed by atoms with E-state index in [0.717, 1.165) is 12.8 Å². The molecule has 0 aromatic rings. The van der Waals surface area contributed by atoms with Crippen molar-refractivity contribution >= 4 is 23.9 Å². The average Bonchev–Trinajstić information content (AvgIpc) is 2.61. The van der Waals surface area contributed by atoms with E-state index in [1.54, 1.807) is 0 Å². The predicted octanol–water partition coefficient (Wildman–Crippen LogP) is 2.88. The molecule has 160 valence electrons. The van der Waals surface area contributed by atoms with Gasteiger partial charge in [-0.15, -0.1) is 0 Å². The van der Waals surface area contributed by atoms with E-state index in [2.05, 4.69) is 20.8 Å². The van der Waals surface area contributed by atoms with Crippen LogP contribution in [0.1, 0.15) is 65.7 Å². The normalized spacial score (nSPS) is 21.1. The molecule has 1 aliphatic rings. The minimum Gasteiger partial charge on any atom is -0.481 e. The molecule has 1 fully saturated rings.